The van der Waals surface area contributed by atoms with Gasteiger partial charge in [0.15, 0.2) is 0 Å². The van der Waals surface area contributed by atoms with Crippen LogP contribution in [0.5, 0.6) is 0 Å². The Labute approximate surface area is 155 Å². The maximum absolute atomic E-state index is 13.0. The number of nitrogens with zero attached hydrogens (tertiary/aromatic N) is 2. The lowest BCUT2D eigenvalue weighted by molar-refractivity contribution is -0.142. The molecule has 2 heterocycles. The van der Waals surface area contributed by atoms with Crippen LogP contribution in [0.4, 0.5) is 0 Å². The normalized spacial score (nSPS) is 19.5. The minimum absolute atomic E-state index is 0.0198. The Hall–Kier alpha value is -1.82. The summed E-state index contributed by atoms with van der Waals surface area (Å²) in [6.07, 6.45) is 8.13. The van der Waals surface area contributed by atoms with Gasteiger partial charge in [-0.25, -0.2) is 0 Å². The lowest BCUT2D eigenvalue weighted by atomic mass is 10.2. The molecule has 144 valence electrons. The van der Waals surface area contributed by atoms with E-state index in [-0.39, 0.29) is 30.5 Å². The molecular weight excluding hydrogens is 332 g/mol. The average Bonchev–Trinajstić information content (AvgIpc) is 3.10. The summed E-state index contributed by atoms with van der Waals surface area (Å²) >= 11 is 0. The van der Waals surface area contributed by atoms with Gasteiger partial charge in [-0.15, -0.1) is 0 Å². The van der Waals surface area contributed by atoms with Crippen molar-refractivity contribution in [2.75, 3.05) is 19.7 Å². The fourth-order valence-electron chi connectivity index (χ4n) is 3.40. The number of hydrogen-bond acceptors (Lipinski definition) is 4. The van der Waals surface area contributed by atoms with E-state index in [4.69, 9.17) is 9.15 Å². The van der Waals surface area contributed by atoms with Gasteiger partial charge in [-0.3, -0.25) is 9.59 Å². The van der Waals surface area contributed by atoms with Crippen LogP contribution in [0.15, 0.2) is 22.8 Å². The summed E-state index contributed by atoms with van der Waals surface area (Å²) in [7, 11) is 0. The Bertz CT molecular complexity index is 577. The molecule has 6 nitrogen and oxygen atoms in total. The van der Waals surface area contributed by atoms with E-state index in [1.165, 1.54) is 0 Å². The molecule has 2 aliphatic rings. The number of carbonyl (C=O) groups excluding carboxylic acids is 2. The van der Waals surface area contributed by atoms with Crippen molar-refractivity contribution in [3.8, 4) is 0 Å². The predicted octanol–water partition coefficient (Wildman–Crippen LogP) is 2.97. The van der Waals surface area contributed by atoms with Crippen LogP contribution >= 0.6 is 0 Å². The zero-order valence-corrected chi connectivity index (χ0v) is 15.7. The fraction of sp³-hybridized carbons (Fsp3) is 0.700. The molecular formula is C20H30N2O4. The monoisotopic (exact) mass is 362 g/mol. The van der Waals surface area contributed by atoms with Crippen LogP contribution in [-0.4, -0.2) is 53.5 Å². The molecule has 26 heavy (non-hydrogen) atoms. The smallest absolute Gasteiger partial charge is 0.242 e. The number of carbonyl (C=O) groups is 2. The summed E-state index contributed by atoms with van der Waals surface area (Å²) in [6.45, 7) is 3.99. The molecule has 6 heteroatoms. The molecule has 1 aliphatic heterocycles. The summed E-state index contributed by atoms with van der Waals surface area (Å²) in [5.41, 5.74) is 0. The highest BCUT2D eigenvalue weighted by molar-refractivity contribution is 5.85. The van der Waals surface area contributed by atoms with E-state index in [9.17, 15) is 9.59 Å². The van der Waals surface area contributed by atoms with Crippen molar-refractivity contribution in [1.82, 2.24) is 9.80 Å². The second-order valence-electron chi connectivity index (χ2n) is 7.35. The number of hydrogen-bond donors (Lipinski definition) is 0. The van der Waals surface area contributed by atoms with Crippen molar-refractivity contribution < 1.29 is 18.7 Å². The molecule has 0 bridgehead atoms. The molecule has 1 atom stereocenters. The molecule has 0 spiro atoms. The van der Waals surface area contributed by atoms with Gasteiger partial charge in [0.25, 0.3) is 0 Å². The van der Waals surface area contributed by atoms with Crippen molar-refractivity contribution in [1.29, 1.82) is 0 Å². The highest BCUT2D eigenvalue weighted by Crippen LogP contribution is 2.28. The summed E-state index contributed by atoms with van der Waals surface area (Å²) in [5, 5.41) is 0. The molecule has 2 fully saturated rings. The van der Waals surface area contributed by atoms with Crippen LogP contribution in [0.2, 0.25) is 0 Å². The minimum Gasteiger partial charge on any atom is -0.467 e. The molecule has 0 N–H and O–H groups in total. The van der Waals surface area contributed by atoms with E-state index >= 15 is 0 Å². The number of ether oxygens (including phenoxy) is 1. The quantitative estimate of drug-likeness (QED) is 0.642. The van der Waals surface area contributed by atoms with E-state index in [0.717, 1.165) is 50.9 Å². The number of amides is 2. The van der Waals surface area contributed by atoms with E-state index in [2.05, 4.69) is 6.92 Å². The zero-order chi connectivity index (χ0) is 18.4. The third-order valence-electron chi connectivity index (χ3n) is 5.09. The molecule has 1 saturated heterocycles. The first-order chi connectivity index (χ1) is 12.7. The molecule has 0 radical (unpaired) electrons. The maximum Gasteiger partial charge on any atom is 0.242 e. The SMILES string of the molecule is CCCCC(=O)N(CC(=O)N(Cc1ccco1)CC1CCCO1)C1CC1. The first-order valence-electron chi connectivity index (χ1n) is 9.88. The summed E-state index contributed by atoms with van der Waals surface area (Å²) in [5.74, 6) is 0.845. The van der Waals surface area contributed by atoms with Crippen molar-refractivity contribution in [2.24, 2.45) is 0 Å². The lowest BCUT2D eigenvalue weighted by Gasteiger charge is -2.29. The predicted molar refractivity (Wildman–Crippen MR) is 97.4 cm³/mol. The molecule has 3 rings (SSSR count). The molecule has 1 unspecified atom stereocenters. The topological polar surface area (TPSA) is 63.0 Å². The molecule has 0 aromatic carbocycles. The van der Waals surface area contributed by atoms with Gasteiger partial charge in [0.1, 0.15) is 12.3 Å². The highest BCUT2D eigenvalue weighted by Gasteiger charge is 2.35. The van der Waals surface area contributed by atoms with Gasteiger partial charge < -0.3 is 19.0 Å². The van der Waals surface area contributed by atoms with Crippen LogP contribution in [-0.2, 0) is 20.9 Å². The van der Waals surface area contributed by atoms with Crippen molar-refractivity contribution in [3.05, 3.63) is 24.2 Å². The Morgan fingerprint density at radius 2 is 2.08 bits per heavy atom. The lowest BCUT2D eigenvalue weighted by Crippen LogP contribution is -2.45. The van der Waals surface area contributed by atoms with Crippen LogP contribution in [0.3, 0.4) is 0 Å². The van der Waals surface area contributed by atoms with Gasteiger partial charge in [-0.1, -0.05) is 13.3 Å². The van der Waals surface area contributed by atoms with Gasteiger partial charge in [0, 0.05) is 25.6 Å². The molecule has 1 aromatic rings. The van der Waals surface area contributed by atoms with Gasteiger partial charge in [-0.05, 0) is 44.2 Å². The number of rotatable bonds is 10. The van der Waals surface area contributed by atoms with Crippen LogP contribution in [0, 0.1) is 0 Å². The van der Waals surface area contributed by atoms with Crippen LogP contribution < -0.4 is 0 Å². The maximum atomic E-state index is 13.0. The van der Waals surface area contributed by atoms with Crippen molar-refractivity contribution in [2.45, 2.75) is 70.6 Å². The van der Waals surface area contributed by atoms with Crippen molar-refractivity contribution in [3.63, 3.8) is 0 Å². The van der Waals surface area contributed by atoms with E-state index in [0.29, 0.717) is 19.5 Å². The number of unbranched alkanes of at least 4 members (excludes halogenated alkanes) is 1. The van der Waals surface area contributed by atoms with Crippen LogP contribution in [0.1, 0.15) is 57.6 Å². The minimum atomic E-state index is -0.0198. The van der Waals surface area contributed by atoms with Gasteiger partial charge in [0.05, 0.1) is 18.9 Å². The summed E-state index contributed by atoms with van der Waals surface area (Å²) < 4.78 is 11.1. The largest absolute Gasteiger partial charge is 0.467 e. The molecule has 2 amide bonds. The first-order valence-corrected chi connectivity index (χ1v) is 9.88. The van der Waals surface area contributed by atoms with Gasteiger partial charge in [-0.2, -0.15) is 0 Å². The van der Waals surface area contributed by atoms with Crippen LogP contribution in [0.25, 0.3) is 0 Å². The summed E-state index contributed by atoms with van der Waals surface area (Å²) in [4.78, 5) is 29.1. The molecule has 1 aromatic heterocycles. The second kappa shape index (κ2) is 9.21. The second-order valence-corrected chi connectivity index (χ2v) is 7.35. The van der Waals surface area contributed by atoms with Gasteiger partial charge in [0.2, 0.25) is 11.8 Å². The van der Waals surface area contributed by atoms with Gasteiger partial charge >= 0.3 is 0 Å². The molecule has 1 saturated carbocycles. The fourth-order valence-corrected chi connectivity index (χ4v) is 3.40. The average molecular weight is 362 g/mol. The first kappa shape index (κ1) is 19.0. The van der Waals surface area contributed by atoms with E-state index < -0.39 is 0 Å². The Kier molecular flexibility index (Phi) is 6.72. The third-order valence-corrected chi connectivity index (χ3v) is 5.09. The highest BCUT2D eigenvalue weighted by atomic mass is 16.5. The Morgan fingerprint density at radius 1 is 1.23 bits per heavy atom. The molecule has 1 aliphatic carbocycles. The third kappa shape index (κ3) is 5.34. The van der Waals surface area contributed by atoms with E-state index in [1.807, 2.05) is 12.1 Å². The Balaban J connectivity index is 1.63. The van der Waals surface area contributed by atoms with E-state index in [1.54, 1.807) is 16.1 Å². The number of furan rings is 1. The standard InChI is InChI=1S/C20H30N2O4/c1-2-3-8-19(23)22(16-9-10-16)15-20(24)21(13-17-6-4-11-25-17)14-18-7-5-12-26-18/h4,6,11,16,18H,2-3,5,7-10,12-15H2,1H3. The van der Waals surface area contributed by atoms with Crippen molar-refractivity contribution >= 4 is 11.8 Å². The summed E-state index contributed by atoms with van der Waals surface area (Å²) in [6, 6.07) is 3.95. The Morgan fingerprint density at radius 3 is 2.69 bits per heavy atom. The zero-order valence-electron chi connectivity index (χ0n) is 15.7.